The van der Waals surface area contributed by atoms with Gasteiger partial charge in [0.05, 0.1) is 11.3 Å². The smallest absolute Gasteiger partial charge is 0.339 e. The Morgan fingerprint density at radius 1 is 1.30 bits per heavy atom. The molecule has 7 heteroatoms. The van der Waals surface area contributed by atoms with Crippen LogP contribution < -0.4 is 5.32 Å². The fourth-order valence-corrected chi connectivity index (χ4v) is 2.77. The van der Waals surface area contributed by atoms with Crippen LogP contribution in [0, 0.1) is 0 Å². The van der Waals surface area contributed by atoms with E-state index in [0.717, 1.165) is 37.0 Å². The third-order valence-electron chi connectivity index (χ3n) is 2.99. The van der Waals surface area contributed by atoms with Crippen LogP contribution in [0.15, 0.2) is 29.2 Å². The summed E-state index contributed by atoms with van der Waals surface area (Å²) in [6, 6.07) is 5.06. The van der Waals surface area contributed by atoms with Crippen LogP contribution in [-0.2, 0) is 11.0 Å². The topological polar surface area (TPSA) is 32.3 Å². The Labute approximate surface area is 119 Å². The number of amides is 1. The Hall–Kier alpha value is -1.21. The minimum absolute atomic E-state index is 0.0334. The van der Waals surface area contributed by atoms with Crippen LogP contribution in [0.1, 0.15) is 5.56 Å². The van der Waals surface area contributed by atoms with Crippen molar-refractivity contribution >= 4 is 17.7 Å². The number of hydrogen-bond acceptors (Lipinski definition) is 3. The number of nitrogens with zero attached hydrogens (tertiary/aromatic N) is 1. The van der Waals surface area contributed by atoms with Crippen LogP contribution in [0.3, 0.4) is 0 Å². The largest absolute Gasteiger partial charge is 0.416 e. The summed E-state index contributed by atoms with van der Waals surface area (Å²) in [5, 5.41) is 3.14. The molecule has 0 saturated carbocycles. The van der Waals surface area contributed by atoms with Gasteiger partial charge in [0.2, 0.25) is 5.91 Å². The van der Waals surface area contributed by atoms with Crippen molar-refractivity contribution in [2.24, 2.45) is 0 Å². The van der Waals surface area contributed by atoms with E-state index in [1.165, 1.54) is 6.07 Å². The van der Waals surface area contributed by atoms with Gasteiger partial charge in [0.1, 0.15) is 0 Å². The van der Waals surface area contributed by atoms with Crippen LogP contribution in [0.4, 0.5) is 13.2 Å². The highest BCUT2D eigenvalue weighted by Gasteiger charge is 2.30. The van der Waals surface area contributed by atoms with Crippen LogP contribution in [0.5, 0.6) is 0 Å². The van der Waals surface area contributed by atoms with Gasteiger partial charge in [-0.25, -0.2) is 0 Å². The average molecular weight is 304 g/mol. The lowest BCUT2D eigenvalue weighted by Crippen LogP contribution is -2.47. The standard InChI is InChI=1S/C13H15F3N2OS/c14-13(15,16)10-2-1-3-11(8-10)20-9-12(19)18-6-4-17-5-7-18/h1-3,8,17H,4-7,9H2. The average Bonchev–Trinajstić information content (AvgIpc) is 2.45. The summed E-state index contributed by atoms with van der Waals surface area (Å²) in [7, 11) is 0. The second-order valence-corrected chi connectivity index (χ2v) is 5.49. The van der Waals surface area contributed by atoms with Crippen molar-refractivity contribution in [3.63, 3.8) is 0 Å². The maximum Gasteiger partial charge on any atom is 0.416 e. The minimum atomic E-state index is -4.35. The highest BCUT2D eigenvalue weighted by molar-refractivity contribution is 8.00. The van der Waals surface area contributed by atoms with E-state index in [1.54, 1.807) is 11.0 Å². The normalized spacial score (nSPS) is 16.2. The fraction of sp³-hybridized carbons (Fsp3) is 0.462. The first kappa shape index (κ1) is 15.2. The molecule has 1 aromatic rings. The van der Waals surface area contributed by atoms with Gasteiger partial charge in [-0.15, -0.1) is 11.8 Å². The number of nitrogens with one attached hydrogen (secondary N) is 1. The Morgan fingerprint density at radius 3 is 2.65 bits per heavy atom. The first-order chi connectivity index (χ1) is 9.47. The second kappa shape index (κ2) is 6.49. The summed E-state index contributed by atoms with van der Waals surface area (Å²) < 4.78 is 37.7. The zero-order valence-corrected chi connectivity index (χ0v) is 11.6. The van der Waals surface area contributed by atoms with E-state index in [4.69, 9.17) is 0 Å². The number of carbonyl (C=O) groups excluding carboxylic acids is 1. The zero-order chi connectivity index (χ0) is 14.6. The molecule has 0 aliphatic carbocycles. The highest BCUT2D eigenvalue weighted by Crippen LogP contribution is 2.31. The minimum Gasteiger partial charge on any atom is -0.339 e. The van der Waals surface area contributed by atoms with Gasteiger partial charge in [0.25, 0.3) is 0 Å². The molecule has 20 heavy (non-hydrogen) atoms. The lowest BCUT2D eigenvalue weighted by molar-refractivity contribution is -0.137. The summed E-state index contributed by atoms with van der Waals surface area (Å²) in [4.78, 5) is 14.1. The van der Waals surface area contributed by atoms with E-state index < -0.39 is 11.7 Å². The predicted molar refractivity (Wildman–Crippen MR) is 71.6 cm³/mol. The number of halogens is 3. The molecule has 110 valence electrons. The molecule has 0 spiro atoms. The first-order valence-electron chi connectivity index (χ1n) is 6.25. The van der Waals surface area contributed by atoms with Crippen LogP contribution in [0.25, 0.3) is 0 Å². The number of benzene rings is 1. The molecular weight excluding hydrogens is 289 g/mol. The molecule has 1 aromatic carbocycles. The van der Waals surface area contributed by atoms with E-state index in [1.807, 2.05) is 0 Å². The van der Waals surface area contributed by atoms with Gasteiger partial charge >= 0.3 is 6.18 Å². The molecular formula is C13H15F3N2OS. The summed E-state index contributed by atoms with van der Waals surface area (Å²) in [6.07, 6.45) is -4.35. The number of hydrogen-bond donors (Lipinski definition) is 1. The van der Waals surface area contributed by atoms with Crippen molar-refractivity contribution in [2.45, 2.75) is 11.1 Å². The quantitative estimate of drug-likeness (QED) is 0.869. The molecule has 0 bridgehead atoms. The molecule has 1 fully saturated rings. The van der Waals surface area contributed by atoms with Crippen LogP contribution >= 0.6 is 11.8 Å². The number of rotatable bonds is 3. The third-order valence-corrected chi connectivity index (χ3v) is 3.97. The summed E-state index contributed by atoms with van der Waals surface area (Å²) >= 11 is 1.14. The second-order valence-electron chi connectivity index (χ2n) is 4.45. The Bertz CT molecular complexity index is 473. The molecule has 1 aliphatic heterocycles. The van der Waals surface area contributed by atoms with E-state index in [2.05, 4.69) is 5.32 Å². The number of alkyl halides is 3. The van der Waals surface area contributed by atoms with Crippen LogP contribution in [-0.4, -0.2) is 42.7 Å². The highest BCUT2D eigenvalue weighted by atomic mass is 32.2. The van der Waals surface area contributed by atoms with Crippen molar-refractivity contribution < 1.29 is 18.0 Å². The van der Waals surface area contributed by atoms with Crippen molar-refractivity contribution in [3.8, 4) is 0 Å². The summed E-state index contributed by atoms with van der Waals surface area (Å²) in [5.41, 5.74) is -0.683. The zero-order valence-electron chi connectivity index (χ0n) is 10.7. The van der Waals surface area contributed by atoms with Gasteiger partial charge in [-0.2, -0.15) is 13.2 Å². The van der Waals surface area contributed by atoms with E-state index in [-0.39, 0.29) is 11.7 Å². The number of carbonyl (C=O) groups is 1. The lowest BCUT2D eigenvalue weighted by atomic mass is 10.2. The first-order valence-corrected chi connectivity index (χ1v) is 7.24. The molecule has 0 unspecified atom stereocenters. The maximum absolute atomic E-state index is 12.6. The van der Waals surface area contributed by atoms with Gasteiger partial charge in [-0.05, 0) is 18.2 Å². The molecule has 0 aromatic heterocycles. The Balaban J connectivity index is 1.92. The van der Waals surface area contributed by atoms with Gasteiger partial charge in [-0.1, -0.05) is 6.07 Å². The fourth-order valence-electron chi connectivity index (χ4n) is 1.91. The van der Waals surface area contributed by atoms with Gasteiger partial charge < -0.3 is 10.2 Å². The van der Waals surface area contributed by atoms with Crippen molar-refractivity contribution in [2.75, 3.05) is 31.9 Å². The molecule has 3 nitrogen and oxygen atoms in total. The van der Waals surface area contributed by atoms with E-state index in [9.17, 15) is 18.0 Å². The maximum atomic E-state index is 12.6. The molecule has 1 aliphatic rings. The monoisotopic (exact) mass is 304 g/mol. The van der Waals surface area contributed by atoms with Crippen molar-refractivity contribution in [1.29, 1.82) is 0 Å². The predicted octanol–water partition coefficient (Wildman–Crippen LogP) is 2.23. The Kier molecular flexibility index (Phi) is 4.93. The molecule has 0 radical (unpaired) electrons. The molecule has 2 rings (SSSR count). The molecule has 1 amide bonds. The third kappa shape index (κ3) is 4.14. The lowest BCUT2D eigenvalue weighted by Gasteiger charge is -2.27. The van der Waals surface area contributed by atoms with E-state index in [0.29, 0.717) is 18.0 Å². The SMILES string of the molecule is O=C(CSc1cccc(C(F)(F)F)c1)N1CCNCC1. The van der Waals surface area contributed by atoms with Gasteiger partial charge in [-0.3, -0.25) is 4.79 Å². The van der Waals surface area contributed by atoms with Crippen molar-refractivity contribution in [1.82, 2.24) is 10.2 Å². The number of piperazine rings is 1. The molecule has 1 N–H and O–H groups in total. The van der Waals surface area contributed by atoms with Gasteiger partial charge in [0, 0.05) is 31.1 Å². The number of thioether (sulfide) groups is 1. The summed E-state index contributed by atoms with van der Waals surface area (Å²) in [6.45, 7) is 2.84. The molecule has 1 saturated heterocycles. The molecule has 1 heterocycles. The van der Waals surface area contributed by atoms with E-state index >= 15 is 0 Å². The Morgan fingerprint density at radius 2 is 2.00 bits per heavy atom. The van der Waals surface area contributed by atoms with Gasteiger partial charge in [0.15, 0.2) is 0 Å². The summed E-state index contributed by atoms with van der Waals surface area (Å²) in [5.74, 6) is 0.135. The molecule has 0 atom stereocenters. The van der Waals surface area contributed by atoms with Crippen LogP contribution in [0.2, 0.25) is 0 Å². The van der Waals surface area contributed by atoms with Crippen molar-refractivity contribution in [3.05, 3.63) is 29.8 Å².